The lowest BCUT2D eigenvalue weighted by Crippen LogP contribution is -2.48. The van der Waals surface area contributed by atoms with Crippen molar-refractivity contribution in [3.05, 3.63) is 99.0 Å². The molecule has 3 rings (SSSR count). The number of amides is 2. The molecule has 172 valence electrons. The molecule has 0 aliphatic heterocycles. The average molecular weight is 506 g/mol. The smallest absolute Gasteiger partial charge is 0.261 e. The minimum Gasteiger partial charge on any atom is -0.484 e. The summed E-state index contributed by atoms with van der Waals surface area (Å²) in [7, 11) is 0. The number of nitrogens with zero attached hydrogens (tertiary/aromatic N) is 1. The molecule has 0 bridgehead atoms. The summed E-state index contributed by atoms with van der Waals surface area (Å²) in [5, 5.41) is 4.41. The third-order valence-corrected chi connectivity index (χ3v) is 5.85. The number of halogens is 3. The maximum Gasteiger partial charge on any atom is 0.261 e. The van der Waals surface area contributed by atoms with E-state index in [4.69, 9.17) is 39.5 Å². The van der Waals surface area contributed by atoms with Crippen molar-refractivity contribution in [2.45, 2.75) is 26.1 Å². The molecule has 0 saturated carbocycles. The first-order valence-electron chi connectivity index (χ1n) is 10.3. The van der Waals surface area contributed by atoms with Crippen LogP contribution in [0.15, 0.2) is 72.8 Å². The van der Waals surface area contributed by atoms with Gasteiger partial charge in [0.1, 0.15) is 11.8 Å². The molecule has 8 heteroatoms. The quantitative estimate of drug-likeness (QED) is 0.402. The van der Waals surface area contributed by atoms with Gasteiger partial charge in [-0.05, 0) is 54.4 Å². The topological polar surface area (TPSA) is 58.6 Å². The van der Waals surface area contributed by atoms with Gasteiger partial charge >= 0.3 is 0 Å². The Morgan fingerprint density at radius 1 is 0.939 bits per heavy atom. The van der Waals surface area contributed by atoms with Crippen molar-refractivity contribution in [2.75, 3.05) is 6.61 Å². The van der Waals surface area contributed by atoms with Gasteiger partial charge in [0.05, 0.1) is 0 Å². The fourth-order valence-electron chi connectivity index (χ4n) is 3.11. The molecule has 3 aromatic rings. The highest BCUT2D eigenvalue weighted by molar-refractivity contribution is 6.35. The van der Waals surface area contributed by atoms with Crippen LogP contribution in [0.4, 0.5) is 0 Å². The van der Waals surface area contributed by atoms with E-state index in [-0.39, 0.29) is 31.5 Å². The van der Waals surface area contributed by atoms with E-state index in [9.17, 15) is 9.59 Å². The van der Waals surface area contributed by atoms with Crippen LogP contribution in [0.3, 0.4) is 0 Å². The van der Waals surface area contributed by atoms with E-state index in [2.05, 4.69) is 5.32 Å². The summed E-state index contributed by atoms with van der Waals surface area (Å²) >= 11 is 18.1. The second kappa shape index (κ2) is 11.9. The number of carbonyl (C=O) groups excluding carboxylic acids is 2. The van der Waals surface area contributed by atoms with Crippen LogP contribution in [0.2, 0.25) is 15.1 Å². The molecule has 1 N–H and O–H groups in total. The highest BCUT2D eigenvalue weighted by Crippen LogP contribution is 2.21. The average Bonchev–Trinajstić information content (AvgIpc) is 2.81. The fraction of sp³-hybridized carbons (Fsp3) is 0.200. The van der Waals surface area contributed by atoms with Gasteiger partial charge in [0.15, 0.2) is 6.61 Å². The van der Waals surface area contributed by atoms with Crippen LogP contribution in [0.25, 0.3) is 0 Å². The molecule has 3 aromatic carbocycles. The molecule has 0 aliphatic carbocycles. The molecule has 0 saturated heterocycles. The SMILES string of the molecule is CC(C(=O)NCc1ccc(Cl)cc1Cl)N(Cc1ccc(Cl)cc1)C(=O)COc1ccccc1. The van der Waals surface area contributed by atoms with Gasteiger partial charge in [0.2, 0.25) is 5.91 Å². The van der Waals surface area contributed by atoms with Gasteiger partial charge in [-0.2, -0.15) is 0 Å². The monoisotopic (exact) mass is 504 g/mol. The van der Waals surface area contributed by atoms with E-state index in [1.165, 1.54) is 4.90 Å². The number of ether oxygens (including phenoxy) is 1. The van der Waals surface area contributed by atoms with Crippen molar-refractivity contribution < 1.29 is 14.3 Å². The van der Waals surface area contributed by atoms with E-state index in [1.807, 2.05) is 30.3 Å². The highest BCUT2D eigenvalue weighted by Gasteiger charge is 2.26. The molecule has 0 radical (unpaired) electrons. The molecule has 5 nitrogen and oxygen atoms in total. The Hall–Kier alpha value is -2.73. The molecule has 0 aliphatic rings. The van der Waals surface area contributed by atoms with Crippen molar-refractivity contribution in [3.63, 3.8) is 0 Å². The van der Waals surface area contributed by atoms with Crippen molar-refractivity contribution >= 4 is 46.6 Å². The minimum absolute atomic E-state index is 0.196. The molecule has 0 fully saturated rings. The summed E-state index contributed by atoms with van der Waals surface area (Å²) < 4.78 is 5.62. The molecule has 0 spiro atoms. The maximum atomic E-state index is 13.1. The number of hydrogen-bond acceptors (Lipinski definition) is 3. The Labute approximate surface area is 208 Å². The number of carbonyl (C=O) groups is 2. The first-order chi connectivity index (χ1) is 15.8. The van der Waals surface area contributed by atoms with Crippen LogP contribution < -0.4 is 10.1 Å². The lowest BCUT2D eigenvalue weighted by atomic mass is 10.1. The minimum atomic E-state index is -0.751. The summed E-state index contributed by atoms with van der Waals surface area (Å²) in [6.45, 7) is 1.92. The lowest BCUT2D eigenvalue weighted by Gasteiger charge is -2.29. The van der Waals surface area contributed by atoms with Crippen molar-refractivity contribution in [3.8, 4) is 5.75 Å². The second-order valence-corrected chi connectivity index (χ2v) is 8.66. The van der Waals surface area contributed by atoms with Crippen molar-refractivity contribution in [1.29, 1.82) is 0 Å². The zero-order chi connectivity index (χ0) is 23.8. The highest BCUT2D eigenvalue weighted by atomic mass is 35.5. The number of benzene rings is 3. The molecule has 33 heavy (non-hydrogen) atoms. The summed E-state index contributed by atoms with van der Waals surface area (Å²) in [4.78, 5) is 27.5. The largest absolute Gasteiger partial charge is 0.484 e. The van der Waals surface area contributed by atoms with E-state index in [0.29, 0.717) is 20.8 Å². The molecule has 0 aromatic heterocycles. The van der Waals surface area contributed by atoms with Crippen LogP contribution in [-0.2, 0) is 22.7 Å². The lowest BCUT2D eigenvalue weighted by molar-refractivity contribution is -0.142. The van der Waals surface area contributed by atoms with Gasteiger partial charge in [-0.25, -0.2) is 0 Å². The third kappa shape index (κ3) is 7.39. The third-order valence-electron chi connectivity index (χ3n) is 5.01. The summed E-state index contributed by atoms with van der Waals surface area (Å²) in [6.07, 6.45) is 0. The van der Waals surface area contributed by atoms with Crippen molar-refractivity contribution in [2.24, 2.45) is 0 Å². The first-order valence-corrected chi connectivity index (χ1v) is 11.4. The predicted octanol–water partition coefficient (Wildman–Crippen LogP) is 5.76. The second-order valence-electron chi connectivity index (χ2n) is 7.38. The number of nitrogens with one attached hydrogen (secondary N) is 1. The van der Waals surface area contributed by atoms with Crippen LogP contribution in [-0.4, -0.2) is 29.4 Å². The summed E-state index contributed by atoms with van der Waals surface area (Å²) in [5.74, 6) is -0.0594. The standard InChI is InChI=1S/C25H23Cl3N2O3/c1-17(25(32)29-14-19-9-12-21(27)13-23(19)28)30(15-18-7-10-20(26)11-8-18)24(31)16-33-22-5-3-2-4-6-22/h2-13,17H,14-16H2,1H3,(H,29,32). The normalized spacial score (nSPS) is 11.5. The molecular formula is C25H23Cl3N2O3. The molecule has 2 amide bonds. The van der Waals surface area contributed by atoms with Gasteiger partial charge in [-0.15, -0.1) is 0 Å². The molecule has 1 unspecified atom stereocenters. The Bertz CT molecular complexity index is 1090. The first kappa shape index (κ1) is 24.9. The Morgan fingerprint density at radius 2 is 1.61 bits per heavy atom. The zero-order valence-electron chi connectivity index (χ0n) is 17.9. The van der Waals surface area contributed by atoms with Gasteiger partial charge in [0.25, 0.3) is 5.91 Å². The van der Waals surface area contributed by atoms with E-state index >= 15 is 0 Å². The summed E-state index contributed by atoms with van der Waals surface area (Å²) in [5.41, 5.74) is 1.57. The Balaban J connectivity index is 1.70. The van der Waals surface area contributed by atoms with E-state index in [0.717, 1.165) is 11.1 Å². The van der Waals surface area contributed by atoms with Gasteiger partial charge < -0.3 is 15.0 Å². The fourth-order valence-corrected chi connectivity index (χ4v) is 3.71. The van der Waals surface area contributed by atoms with Crippen LogP contribution >= 0.6 is 34.8 Å². The molecular weight excluding hydrogens is 483 g/mol. The van der Waals surface area contributed by atoms with E-state index in [1.54, 1.807) is 49.4 Å². The van der Waals surface area contributed by atoms with Gasteiger partial charge in [-0.3, -0.25) is 9.59 Å². The number of para-hydroxylation sites is 1. The van der Waals surface area contributed by atoms with Crippen molar-refractivity contribution in [1.82, 2.24) is 10.2 Å². The van der Waals surface area contributed by atoms with Crippen LogP contribution in [0, 0.1) is 0 Å². The maximum absolute atomic E-state index is 13.1. The van der Waals surface area contributed by atoms with E-state index < -0.39 is 6.04 Å². The summed E-state index contributed by atoms with van der Waals surface area (Å²) in [6, 6.07) is 20.5. The number of rotatable bonds is 9. The van der Waals surface area contributed by atoms with Crippen LogP contribution in [0.1, 0.15) is 18.1 Å². The van der Waals surface area contributed by atoms with Gasteiger partial charge in [-0.1, -0.05) is 71.2 Å². The molecule has 1 atom stereocenters. The van der Waals surface area contributed by atoms with Gasteiger partial charge in [0, 0.05) is 28.2 Å². The predicted molar refractivity (Wildman–Crippen MR) is 132 cm³/mol. The van der Waals surface area contributed by atoms with Crippen LogP contribution in [0.5, 0.6) is 5.75 Å². The zero-order valence-corrected chi connectivity index (χ0v) is 20.2. The Morgan fingerprint density at radius 3 is 2.27 bits per heavy atom. The number of hydrogen-bond donors (Lipinski definition) is 1. The molecule has 0 heterocycles. The Kier molecular flexibility index (Phi) is 9.01.